The van der Waals surface area contributed by atoms with Gasteiger partial charge in [0.2, 0.25) is 0 Å². The van der Waals surface area contributed by atoms with Crippen LogP contribution in [0, 0.1) is 5.41 Å². The molecule has 5 heteroatoms. The van der Waals surface area contributed by atoms with Gasteiger partial charge < -0.3 is 15.0 Å². The number of ether oxygens (including phenoxy) is 1. The molecule has 1 saturated heterocycles. The van der Waals surface area contributed by atoms with Gasteiger partial charge in [-0.25, -0.2) is 0 Å². The van der Waals surface area contributed by atoms with Gasteiger partial charge in [0.05, 0.1) is 6.61 Å². The fourth-order valence-electron chi connectivity index (χ4n) is 4.21. The molecule has 2 aliphatic rings. The second-order valence-electron chi connectivity index (χ2n) is 7.53. The number of piperidine rings is 1. The van der Waals surface area contributed by atoms with Gasteiger partial charge in [0.1, 0.15) is 0 Å². The Balaban J connectivity index is 1.55. The zero-order valence-corrected chi connectivity index (χ0v) is 16.1. The van der Waals surface area contributed by atoms with Crippen molar-refractivity contribution >= 4 is 17.2 Å². The highest BCUT2D eigenvalue weighted by Crippen LogP contribution is 2.56. The molecule has 1 N–H and O–H groups in total. The molecule has 2 heterocycles. The van der Waals surface area contributed by atoms with E-state index in [1.807, 2.05) is 24.3 Å². The average Bonchev–Trinajstić information content (AvgIpc) is 3.10. The van der Waals surface area contributed by atoms with Crippen molar-refractivity contribution in [1.82, 2.24) is 10.2 Å². The first-order chi connectivity index (χ1) is 12.7. The van der Waals surface area contributed by atoms with Gasteiger partial charge >= 0.3 is 0 Å². The third kappa shape index (κ3) is 3.56. The topological polar surface area (TPSA) is 41.6 Å². The highest BCUT2D eigenvalue weighted by molar-refractivity contribution is 7.07. The predicted molar refractivity (Wildman–Crippen MR) is 104 cm³/mol. The molecule has 4 rings (SSSR count). The van der Waals surface area contributed by atoms with Crippen LogP contribution in [0.15, 0.2) is 41.1 Å². The highest BCUT2D eigenvalue weighted by Gasteiger charge is 2.57. The Kier molecular flexibility index (Phi) is 5.11. The normalized spacial score (nSPS) is 20.9. The number of hydrogen-bond donors (Lipinski definition) is 1. The van der Waals surface area contributed by atoms with Crippen LogP contribution in [-0.4, -0.2) is 37.0 Å². The Labute approximate surface area is 159 Å². The molecule has 1 aromatic heterocycles. The van der Waals surface area contributed by atoms with E-state index in [-0.39, 0.29) is 5.91 Å². The molecule has 2 aromatic rings. The lowest BCUT2D eigenvalue weighted by Gasteiger charge is -2.29. The number of amides is 1. The quantitative estimate of drug-likeness (QED) is 0.843. The zero-order chi connectivity index (χ0) is 18.0. The van der Waals surface area contributed by atoms with E-state index in [1.54, 1.807) is 18.4 Å². The molecule has 138 valence electrons. The number of methoxy groups -OCH3 is 1. The van der Waals surface area contributed by atoms with Crippen LogP contribution in [-0.2, 0) is 17.9 Å². The van der Waals surface area contributed by atoms with Crippen LogP contribution in [0.1, 0.15) is 40.7 Å². The summed E-state index contributed by atoms with van der Waals surface area (Å²) < 4.78 is 5.17. The lowest BCUT2D eigenvalue weighted by molar-refractivity contribution is 0.0692. The lowest BCUT2D eigenvalue weighted by atomic mass is 9.93. The van der Waals surface area contributed by atoms with E-state index < -0.39 is 0 Å². The maximum absolute atomic E-state index is 13.3. The lowest BCUT2D eigenvalue weighted by Crippen LogP contribution is -2.39. The number of thiophene rings is 1. The minimum atomic E-state index is 0.153. The summed E-state index contributed by atoms with van der Waals surface area (Å²) in [5.41, 5.74) is 3.44. The third-order valence-electron chi connectivity index (χ3n) is 5.83. The fourth-order valence-corrected chi connectivity index (χ4v) is 4.87. The smallest absolute Gasteiger partial charge is 0.254 e. The van der Waals surface area contributed by atoms with Crippen molar-refractivity contribution in [2.24, 2.45) is 5.41 Å². The van der Waals surface area contributed by atoms with E-state index in [0.717, 1.165) is 30.6 Å². The SMILES string of the molecule is COCc1ccc(C(=O)N(Cc2ccsc2)[C@@H]2CC23CCNCC3)cc1. The summed E-state index contributed by atoms with van der Waals surface area (Å²) in [6.45, 7) is 3.43. The Morgan fingerprint density at radius 2 is 2.00 bits per heavy atom. The van der Waals surface area contributed by atoms with Crippen LogP contribution in [0.3, 0.4) is 0 Å². The molecule has 0 bridgehead atoms. The molecule has 0 unspecified atom stereocenters. The van der Waals surface area contributed by atoms with Crippen LogP contribution in [0.25, 0.3) is 0 Å². The average molecular weight is 371 g/mol. The molecule has 4 nitrogen and oxygen atoms in total. The summed E-state index contributed by atoms with van der Waals surface area (Å²) in [5.74, 6) is 0.153. The number of carbonyl (C=O) groups excluding carboxylic acids is 1. The van der Waals surface area contributed by atoms with Gasteiger partial charge in [-0.05, 0) is 77.9 Å². The molecule has 1 amide bonds. The molecular formula is C21H26N2O2S. The van der Waals surface area contributed by atoms with Gasteiger partial charge in [0.15, 0.2) is 0 Å². The van der Waals surface area contributed by atoms with Gasteiger partial charge in [-0.3, -0.25) is 4.79 Å². The van der Waals surface area contributed by atoms with Crippen molar-refractivity contribution < 1.29 is 9.53 Å². The maximum Gasteiger partial charge on any atom is 0.254 e. The summed E-state index contributed by atoms with van der Waals surface area (Å²) in [6.07, 6.45) is 3.50. The van der Waals surface area contributed by atoms with E-state index in [2.05, 4.69) is 27.0 Å². The molecule has 26 heavy (non-hydrogen) atoms. The second-order valence-corrected chi connectivity index (χ2v) is 8.31. The van der Waals surface area contributed by atoms with Crippen molar-refractivity contribution in [3.63, 3.8) is 0 Å². The van der Waals surface area contributed by atoms with Gasteiger partial charge in [0, 0.05) is 25.3 Å². The van der Waals surface area contributed by atoms with Crippen molar-refractivity contribution in [2.45, 2.75) is 38.5 Å². The van der Waals surface area contributed by atoms with E-state index in [9.17, 15) is 4.79 Å². The van der Waals surface area contributed by atoms with Gasteiger partial charge in [-0.15, -0.1) is 0 Å². The number of rotatable bonds is 6. The Bertz CT molecular complexity index is 736. The van der Waals surface area contributed by atoms with E-state index in [0.29, 0.717) is 24.6 Å². The Morgan fingerprint density at radius 1 is 1.23 bits per heavy atom. The largest absolute Gasteiger partial charge is 0.380 e. The maximum atomic E-state index is 13.3. The summed E-state index contributed by atoms with van der Waals surface area (Å²) in [6, 6.07) is 10.4. The molecule has 0 radical (unpaired) electrons. The minimum absolute atomic E-state index is 0.153. The highest BCUT2D eigenvalue weighted by atomic mass is 32.1. The summed E-state index contributed by atoms with van der Waals surface area (Å²) >= 11 is 1.69. The van der Waals surface area contributed by atoms with Gasteiger partial charge in [-0.1, -0.05) is 12.1 Å². The van der Waals surface area contributed by atoms with E-state index in [1.165, 1.54) is 18.4 Å². The monoisotopic (exact) mass is 370 g/mol. The van der Waals surface area contributed by atoms with Crippen LogP contribution in [0.2, 0.25) is 0 Å². The van der Waals surface area contributed by atoms with Crippen LogP contribution in [0.4, 0.5) is 0 Å². The summed E-state index contributed by atoms with van der Waals surface area (Å²) in [7, 11) is 1.69. The van der Waals surface area contributed by atoms with Crippen LogP contribution in [0.5, 0.6) is 0 Å². The molecule has 2 fully saturated rings. The second kappa shape index (κ2) is 7.51. The molecule has 1 aliphatic carbocycles. The molecular weight excluding hydrogens is 344 g/mol. The number of nitrogens with zero attached hydrogens (tertiary/aromatic N) is 1. The van der Waals surface area contributed by atoms with Crippen LogP contribution >= 0.6 is 11.3 Å². The molecule has 1 atom stereocenters. The standard InChI is InChI=1S/C21H26N2O2S/c1-25-14-16-2-4-18(5-3-16)20(24)23(13-17-6-11-26-15-17)19-12-21(19)7-9-22-10-8-21/h2-6,11,15,19,22H,7-10,12-14H2,1H3/t19-/m1/s1. The van der Waals surface area contributed by atoms with Crippen LogP contribution < -0.4 is 5.32 Å². The van der Waals surface area contributed by atoms with Gasteiger partial charge in [0.25, 0.3) is 5.91 Å². The molecule has 1 aromatic carbocycles. The van der Waals surface area contributed by atoms with Crippen molar-refractivity contribution in [2.75, 3.05) is 20.2 Å². The third-order valence-corrected chi connectivity index (χ3v) is 6.56. The fraction of sp³-hybridized carbons (Fsp3) is 0.476. The molecule has 1 spiro atoms. The number of carbonyl (C=O) groups is 1. The summed E-state index contributed by atoms with van der Waals surface area (Å²) in [5, 5.41) is 7.69. The van der Waals surface area contributed by atoms with E-state index >= 15 is 0 Å². The minimum Gasteiger partial charge on any atom is -0.380 e. The summed E-state index contributed by atoms with van der Waals surface area (Å²) in [4.78, 5) is 15.5. The Morgan fingerprint density at radius 3 is 2.65 bits per heavy atom. The van der Waals surface area contributed by atoms with Gasteiger partial charge in [-0.2, -0.15) is 11.3 Å². The first kappa shape index (κ1) is 17.7. The first-order valence-corrected chi connectivity index (χ1v) is 10.3. The zero-order valence-electron chi connectivity index (χ0n) is 15.2. The van der Waals surface area contributed by atoms with E-state index in [4.69, 9.17) is 4.74 Å². The van der Waals surface area contributed by atoms with Crippen molar-refractivity contribution in [3.05, 3.63) is 57.8 Å². The molecule has 1 saturated carbocycles. The van der Waals surface area contributed by atoms with Crippen molar-refractivity contribution in [1.29, 1.82) is 0 Å². The van der Waals surface area contributed by atoms with Crippen molar-refractivity contribution in [3.8, 4) is 0 Å². The molecule has 1 aliphatic heterocycles. The predicted octanol–water partition coefficient (Wildman–Crippen LogP) is 3.68. The first-order valence-electron chi connectivity index (χ1n) is 9.32. The number of nitrogens with one attached hydrogen (secondary N) is 1. The Hall–Kier alpha value is -1.69. The number of benzene rings is 1. The number of hydrogen-bond acceptors (Lipinski definition) is 4.